The molecule has 1 saturated heterocycles. The van der Waals surface area contributed by atoms with Crippen molar-refractivity contribution in [3.63, 3.8) is 0 Å². The maximum absolute atomic E-state index is 14.2. The van der Waals surface area contributed by atoms with Gasteiger partial charge in [0.05, 0.1) is 19.3 Å². The molecule has 8 heteroatoms. The van der Waals surface area contributed by atoms with Gasteiger partial charge in [0.2, 0.25) is 0 Å². The number of carbonyl (C=O) groups excluding carboxylic acids is 2. The van der Waals surface area contributed by atoms with Gasteiger partial charge in [0.1, 0.15) is 4.88 Å². The van der Waals surface area contributed by atoms with Gasteiger partial charge in [-0.05, 0) is 55.7 Å². The first-order valence-corrected chi connectivity index (χ1v) is 12.8. The van der Waals surface area contributed by atoms with Crippen LogP contribution in [0.25, 0.3) is 0 Å². The van der Waals surface area contributed by atoms with Gasteiger partial charge in [0, 0.05) is 17.8 Å². The average Bonchev–Trinajstić information content (AvgIpc) is 3.40. The average molecular weight is 506 g/mol. The van der Waals surface area contributed by atoms with Gasteiger partial charge in [-0.2, -0.15) is 8.78 Å². The summed E-state index contributed by atoms with van der Waals surface area (Å²) in [5.74, 6) is -5.00. The third kappa shape index (κ3) is 7.45. The number of hydrogen-bond donors (Lipinski definition) is 1. The maximum atomic E-state index is 14.2. The third-order valence-corrected chi connectivity index (χ3v) is 7.52. The fourth-order valence-electron chi connectivity index (χ4n) is 4.28. The number of amides is 1. The minimum absolute atomic E-state index is 0.0242. The van der Waals surface area contributed by atoms with Gasteiger partial charge >= 0.3 is 11.9 Å². The topological polar surface area (TPSA) is 66.8 Å². The minimum Gasteiger partial charge on any atom is -0.465 e. The Bertz CT molecular complexity index is 1010. The van der Waals surface area contributed by atoms with Crippen molar-refractivity contribution >= 4 is 23.2 Å². The first-order chi connectivity index (χ1) is 16.7. The highest BCUT2D eigenvalue weighted by Gasteiger charge is 2.52. The molecule has 0 spiro atoms. The van der Waals surface area contributed by atoms with Gasteiger partial charge in [0.15, 0.2) is 0 Å². The number of rotatable bonds is 12. The molecular weight excluding hydrogens is 472 g/mol. The molecule has 0 saturated carbocycles. The summed E-state index contributed by atoms with van der Waals surface area (Å²) >= 11 is 1.30. The maximum Gasteiger partial charge on any atom is 0.348 e. The summed E-state index contributed by atoms with van der Waals surface area (Å²) in [6.45, 7) is 2.12. The number of nitrogens with zero attached hydrogens (tertiary/aromatic N) is 1. The Balaban J connectivity index is 1.51. The van der Waals surface area contributed by atoms with Crippen LogP contribution >= 0.6 is 11.3 Å². The van der Waals surface area contributed by atoms with E-state index in [0.29, 0.717) is 17.7 Å². The Kier molecular flexibility index (Phi) is 9.57. The molecule has 1 amide bonds. The number of carbonyl (C=O) groups is 2. The van der Waals surface area contributed by atoms with Crippen molar-refractivity contribution in [1.82, 2.24) is 4.90 Å². The summed E-state index contributed by atoms with van der Waals surface area (Å²) < 4.78 is 33.1. The standard InChI is InChI=1S/C27H33F2NO4S/c1-19(8-6-11-20-9-4-3-5-10-20)23(31)15-13-21-18-27(28,29)26(33)30(21)17-7-12-22-14-16-24(35-22)25(32)34-2/h3-5,9-10,13-16,19,21,23,31H,6-8,11-12,17-18H2,1-2H3/b15-13+/t19-,21?,23+/m0/s1. The van der Waals surface area contributed by atoms with Gasteiger partial charge in [-0.25, -0.2) is 4.79 Å². The van der Waals surface area contributed by atoms with Crippen LogP contribution in [0.2, 0.25) is 0 Å². The number of thiophene rings is 1. The second-order valence-electron chi connectivity index (χ2n) is 9.07. The lowest BCUT2D eigenvalue weighted by Gasteiger charge is -2.22. The first-order valence-electron chi connectivity index (χ1n) is 12.0. The van der Waals surface area contributed by atoms with Crippen LogP contribution in [-0.4, -0.2) is 53.6 Å². The Morgan fingerprint density at radius 2 is 1.97 bits per heavy atom. The summed E-state index contributed by atoms with van der Waals surface area (Å²) in [6.07, 6.45) is 5.47. The smallest absolute Gasteiger partial charge is 0.348 e. The van der Waals surface area contributed by atoms with Crippen LogP contribution in [-0.2, 0) is 22.4 Å². The van der Waals surface area contributed by atoms with Gasteiger partial charge in [-0.15, -0.1) is 11.3 Å². The molecular formula is C27H33F2NO4S. The van der Waals surface area contributed by atoms with Crippen LogP contribution in [0.1, 0.15) is 52.7 Å². The zero-order valence-corrected chi connectivity index (χ0v) is 21.0. The number of aryl methyl sites for hydroxylation is 2. The lowest BCUT2D eigenvalue weighted by Crippen LogP contribution is -2.36. The van der Waals surface area contributed by atoms with Gasteiger partial charge in [-0.3, -0.25) is 4.79 Å². The zero-order valence-electron chi connectivity index (χ0n) is 20.2. The second-order valence-corrected chi connectivity index (χ2v) is 10.2. The number of hydrogen-bond acceptors (Lipinski definition) is 5. The van der Waals surface area contributed by atoms with E-state index in [4.69, 9.17) is 4.74 Å². The molecule has 1 aliphatic heterocycles. The van der Waals surface area contributed by atoms with E-state index in [2.05, 4.69) is 12.1 Å². The van der Waals surface area contributed by atoms with Crippen LogP contribution in [0.5, 0.6) is 0 Å². The van der Waals surface area contributed by atoms with Crippen LogP contribution in [0.15, 0.2) is 54.6 Å². The van der Waals surface area contributed by atoms with E-state index in [1.807, 2.05) is 31.2 Å². The summed E-state index contributed by atoms with van der Waals surface area (Å²) in [7, 11) is 1.32. The molecule has 190 valence electrons. The van der Waals surface area contributed by atoms with Crippen LogP contribution in [0.3, 0.4) is 0 Å². The molecule has 0 aliphatic carbocycles. The molecule has 1 fully saturated rings. The lowest BCUT2D eigenvalue weighted by atomic mass is 9.95. The van der Waals surface area contributed by atoms with Crippen molar-refractivity contribution in [3.05, 3.63) is 69.9 Å². The summed E-state index contributed by atoms with van der Waals surface area (Å²) in [6, 6.07) is 12.9. The van der Waals surface area contributed by atoms with Crippen molar-refractivity contribution in [2.24, 2.45) is 5.92 Å². The molecule has 3 atom stereocenters. The number of aliphatic hydroxyl groups is 1. The lowest BCUT2D eigenvalue weighted by molar-refractivity contribution is -0.148. The van der Waals surface area contributed by atoms with Crippen LogP contribution in [0.4, 0.5) is 8.78 Å². The number of methoxy groups -OCH3 is 1. The highest BCUT2D eigenvalue weighted by atomic mass is 32.1. The molecule has 1 aliphatic rings. The Hall–Kier alpha value is -2.58. The fourth-order valence-corrected chi connectivity index (χ4v) is 5.25. The van der Waals surface area contributed by atoms with E-state index < -0.39 is 36.4 Å². The van der Waals surface area contributed by atoms with Crippen LogP contribution in [0, 0.1) is 5.92 Å². The first kappa shape index (κ1) is 27.0. The van der Waals surface area contributed by atoms with E-state index in [-0.39, 0.29) is 12.5 Å². The van der Waals surface area contributed by atoms with E-state index in [9.17, 15) is 23.5 Å². The van der Waals surface area contributed by atoms with Crippen LogP contribution < -0.4 is 0 Å². The van der Waals surface area contributed by atoms with Crippen molar-refractivity contribution in [1.29, 1.82) is 0 Å². The molecule has 1 unspecified atom stereocenters. The second kappa shape index (κ2) is 12.4. The van der Waals surface area contributed by atoms with E-state index >= 15 is 0 Å². The number of ether oxygens (including phenoxy) is 1. The van der Waals surface area contributed by atoms with E-state index in [1.165, 1.54) is 28.9 Å². The van der Waals surface area contributed by atoms with Gasteiger partial charge in [-0.1, -0.05) is 49.4 Å². The SMILES string of the molecule is COC(=O)c1ccc(CCCN2C(=O)C(F)(F)CC2/C=C/[C@@H](O)[C@@H](C)CCCc2ccccc2)s1. The third-order valence-electron chi connectivity index (χ3n) is 6.39. The minimum atomic E-state index is -3.40. The Morgan fingerprint density at radius 3 is 2.69 bits per heavy atom. The van der Waals surface area contributed by atoms with Gasteiger partial charge in [0.25, 0.3) is 5.91 Å². The molecule has 1 N–H and O–H groups in total. The summed E-state index contributed by atoms with van der Waals surface area (Å²) in [5.41, 5.74) is 1.25. The Labute approximate surface area is 209 Å². The normalized spacial score (nSPS) is 19.3. The van der Waals surface area contributed by atoms with Gasteiger partial charge < -0.3 is 14.7 Å². The number of esters is 1. The molecule has 2 heterocycles. The highest BCUT2D eigenvalue weighted by molar-refractivity contribution is 7.13. The molecule has 5 nitrogen and oxygen atoms in total. The quantitative estimate of drug-likeness (QED) is 0.315. The number of aliphatic hydroxyl groups excluding tert-OH is 1. The number of alkyl halides is 2. The molecule has 0 radical (unpaired) electrons. The molecule has 3 rings (SSSR count). The van der Waals surface area contributed by atoms with Crippen molar-refractivity contribution in [2.75, 3.05) is 13.7 Å². The molecule has 1 aromatic carbocycles. The van der Waals surface area contributed by atoms with Crippen molar-refractivity contribution < 1.29 is 28.2 Å². The fraction of sp³-hybridized carbons (Fsp3) is 0.481. The largest absolute Gasteiger partial charge is 0.465 e. The predicted octanol–water partition coefficient (Wildman–Crippen LogP) is 5.28. The molecule has 1 aromatic heterocycles. The highest BCUT2D eigenvalue weighted by Crippen LogP contribution is 2.34. The van der Waals surface area contributed by atoms with Crippen molar-refractivity contribution in [3.8, 4) is 0 Å². The molecule has 0 bridgehead atoms. The molecule has 2 aromatic rings. The van der Waals surface area contributed by atoms with Crippen molar-refractivity contribution in [2.45, 2.75) is 63.5 Å². The summed E-state index contributed by atoms with van der Waals surface area (Å²) in [5, 5.41) is 10.5. The number of halogens is 2. The Morgan fingerprint density at radius 1 is 1.23 bits per heavy atom. The summed E-state index contributed by atoms with van der Waals surface area (Å²) in [4.78, 5) is 26.5. The monoisotopic (exact) mass is 505 g/mol. The number of likely N-dealkylation sites (tertiary alicyclic amines) is 1. The predicted molar refractivity (Wildman–Crippen MR) is 133 cm³/mol. The van der Waals surface area contributed by atoms with E-state index in [0.717, 1.165) is 24.1 Å². The zero-order chi connectivity index (χ0) is 25.4. The van der Waals surface area contributed by atoms with E-state index in [1.54, 1.807) is 18.2 Å². The number of benzene rings is 1. The molecule has 35 heavy (non-hydrogen) atoms.